The molecule has 0 saturated heterocycles. The average molecular weight is 631 g/mol. The van der Waals surface area contributed by atoms with Crippen LogP contribution in [0.25, 0.3) is 0 Å². The van der Waals surface area contributed by atoms with Crippen molar-refractivity contribution < 1.29 is 27.5 Å². The molecule has 2 amide bonds. The minimum absolute atomic E-state index is 0.128. The second-order valence-corrected chi connectivity index (χ2v) is 12.6. The van der Waals surface area contributed by atoms with E-state index in [-0.39, 0.29) is 24.0 Å². The summed E-state index contributed by atoms with van der Waals surface area (Å²) in [7, 11) is -3.67. The number of sulfonamides is 1. The third-order valence-electron chi connectivity index (χ3n) is 6.27. The highest BCUT2D eigenvalue weighted by Gasteiger charge is 2.25. The van der Waals surface area contributed by atoms with Gasteiger partial charge in [0.05, 0.1) is 18.6 Å². The van der Waals surface area contributed by atoms with Crippen LogP contribution in [0.15, 0.2) is 24.3 Å². The molecule has 43 heavy (non-hydrogen) atoms. The van der Waals surface area contributed by atoms with E-state index < -0.39 is 21.9 Å². The van der Waals surface area contributed by atoms with Crippen molar-refractivity contribution in [2.24, 2.45) is 0 Å². The van der Waals surface area contributed by atoms with Crippen LogP contribution in [-0.2, 0) is 32.5 Å². The third-order valence-corrected chi connectivity index (χ3v) is 7.88. The maximum atomic E-state index is 12.3. The number of ether oxygens (including phenoxy) is 1. The Balaban J connectivity index is 1.61. The predicted octanol–water partition coefficient (Wildman–Crippen LogP) is 2.35. The third kappa shape index (κ3) is 8.61. The van der Waals surface area contributed by atoms with E-state index in [1.165, 1.54) is 6.92 Å². The zero-order valence-electron chi connectivity index (χ0n) is 24.3. The van der Waals surface area contributed by atoms with Gasteiger partial charge in [-0.25, -0.2) is 22.9 Å². The zero-order valence-corrected chi connectivity index (χ0v) is 25.9. The highest BCUT2D eigenvalue weighted by atomic mass is 32.2. The minimum atomic E-state index is -3.67. The molecule has 3 aromatic rings. The van der Waals surface area contributed by atoms with E-state index in [0.717, 1.165) is 41.6 Å². The molecule has 14 nitrogen and oxygen atoms in total. The number of aryl methyl sites for hydroxylation is 1. The lowest BCUT2D eigenvalue weighted by molar-refractivity contribution is -0.118. The maximum Gasteiger partial charge on any atom is 0.350 e. The van der Waals surface area contributed by atoms with Crippen molar-refractivity contribution in [1.29, 1.82) is 0 Å². The van der Waals surface area contributed by atoms with E-state index in [1.54, 1.807) is 38.1 Å². The van der Waals surface area contributed by atoms with Gasteiger partial charge >= 0.3 is 5.97 Å². The van der Waals surface area contributed by atoms with E-state index in [0.29, 0.717) is 53.5 Å². The van der Waals surface area contributed by atoms with E-state index in [4.69, 9.17) is 14.7 Å². The van der Waals surface area contributed by atoms with Gasteiger partial charge in [-0.05, 0) is 44.4 Å². The molecular formula is C27H34N8O6S2. The summed E-state index contributed by atoms with van der Waals surface area (Å²) in [5.41, 5.74) is 2.58. The van der Waals surface area contributed by atoms with Crippen molar-refractivity contribution in [3.05, 3.63) is 51.5 Å². The number of thiazole rings is 1. The second-order valence-electron chi connectivity index (χ2n) is 9.81. The molecule has 1 aliphatic rings. The van der Waals surface area contributed by atoms with E-state index in [9.17, 15) is 22.8 Å². The lowest BCUT2D eigenvalue weighted by Crippen LogP contribution is -2.32. The van der Waals surface area contributed by atoms with Crippen molar-refractivity contribution in [2.45, 2.75) is 40.2 Å². The number of anilines is 4. The Morgan fingerprint density at radius 2 is 1.84 bits per heavy atom. The molecule has 16 heteroatoms. The first-order valence-electron chi connectivity index (χ1n) is 13.6. The van der Waals surface area contributed by atoms with Gasteiger partial charge in [0, 0.05) is 44.2 Å². The first-order valence-corrected chi connectivity index (χ1v) is 16.3. The summed E-state index contributed by atoms with van der Waals surface area (Å²) in [5.74, 6) is 0.349. The summed E-state index contributed by atoms with van der Waals surface area (Å²) in [6.07, 6.45) is 2.52. The van der Waals surface area contributed by atoms with Crippen LogP contribution in [-0.4, -0.2) is 73.7 Å². The first-order chi connectivity index (χ1) is 20.4. The minimum Gasteiger partial charge on any atom is -0.462 e. The van der Waals surface area contributed by atoms with Crippen LogP contribution in [0.4, 0.5) is 22.7 Å². The monoisotopic (exact) mass is 630 g/mol. The molecule has 0 unspecified atom stereocenters. The number of fused-ring (bicyclic) bond motifs is 1. The van der Waals surface area contributed by atoms with E-state index in [1.807, 2.05) is 4.72 Å². The Morgan fingerprint density at radius 1 is 1.09 bits per heavy atom. The average Bonchev–Trinajstić information content (AvgIpc) is 3.30. The highest BCUT2D eigenvalue weighted by Crippen LogP contribution is 2.34. The van der Waals surface area contributed by atoms with Gasteiger partial charge in [-0.3, -0.25) is 14.9 Å². The van der Waals surface area contributed by atoms with Crippen molar-refractivity contribution >= 4 is 61.9 Å². The zero-order chi connectivity index (χ0) is 31.1. The standard InChI is InChI=1S/C27H34N8O6S2/c1-5-41-25(38)21-16(2)30-27(42-21)33-26-31-22(29-13-12-28-17(3)36)20-7-6-14-35(23(20)32-26)15-18-8-10-19(11-9-18)24(37)34-43(4,39)40/h8-11H,5-7,12-15H2,1-4H3,(H,28,36)(H,34,37)(H2,29,30,31,32,33). The molecule has 0 radical (unpaired) electrons. The van der Waals surface area contributed by atoms with Gasteiger partial charge in [-0.15, -0.1) is 0 Å². The highest BCUT2D eigenvalue weighted by molar-refractivity contribution is 7.89. The van der Waals surface area contributed by atoms with E-state index >= 15 is 0 Å². The summed E-state index contributed by atoms with van der Waals surface area (Å²) in [5, 5.41) is 9.64. The van der Waals surface area contributed by atoms with Crippen LogP contribution in [0.2, 0.25) is 0 Å². The molecule has 0 atom stereocenters. The quantitative estimate of drug-likeness (QED) is 0.169. The Hall–Kier alpha value is -4.31. The molecule has 0 aliphatic carbocycles. The summed E-state index contributed by atoms with van der Waals surface area (Å²) in [6, 6.07) is 6.70. The number of benzene rings is 1. The summed E-state index contributed by atoms with van der Waals surface area (Å²) >= 11 is 1.15. The lowest BCUT2D eigenvalue weighted by atomic mass is 10.0. The molecule has 4 rings (SSSR count). The smallest absolute Gasteiger partial charge is 0.350 e. The first kappa shape index (κ1) is 31.6. The number of amides is 2. The van der Waals surface area contributed by atoms with E-state index in [2.05, 4.69) is 25.8 Å². The van der Waals surface area contributed by atoms with Gasteiger partial charge < -0.3 is 20.3 Å². The number of carbonyl (C=O) groups is 3. The van der Waals surface area contributed by atoms with Crippen LogP contribution >= 0.6 is 11.3 Å². The van der Waals surface area contributed by atoms with Gasteiger partial charge in [0.25, 0.3) is 5.91 Å². The molecule has 3 heterocycles. The molecule has 230 valence electrons. The SMILES string of the molecule is CCOC(=O)c1sc(Nc2nc(NCCNC(C)=O)c3c(n2)N(Cc2ccc(C(=O)NS(C)(=O)=O)cc2)CCC3)nc1C. The molecule has 0 bridgehead atoms. The Labute approximate surface area is 253 Å². The number of esters is 1. The molecule has 0 fully saturated rings. The van der Waals surface area contributed by atoms with Gasteiger partial charge in [-0.2, -0.15) is 9.97 Å². The van der Waals surface area contributed by atoms with Gasteiger partial charge in [0.15, 0.2) is 5.13 Å². The summed E-state index contributed by atoms with van der Waals surface area (Å²) < 4.78 is 29.9. The molecule has 1 aromatic carbocycles. The van der Waals surface area contributed by atoms with Crippen LogP contribution in [0.3, 0.4) is 0 Å². The van der Waals surface area contributed by atoms with Crippen LogP contribution in [0.5, 0.6) is 0 Å². The number of hydrogen-bond acceptors (Lipinski definition) is 13. The Kier molecular flexibility index (Phi) is 10.1. The number of nitrogens with zero attached hydrogens (tertiary/aromatic N) is 4. The molecule has 2 aromatic heterocycles. The van der Waals surface area contributed by atoms with Crippen molar-refractivity contribution in [2.75, 3.05) is 48.0 Å². The summed E-state index contributed by atoms with van der Waals surface area (Å²) in [6.45, 7) is 7.24. The summed E-state index contributed by atoms with van der Waals surface area (Å²) in [4.78, 5) is 52.3. The molecule has 0 saturated carbocycles. The molecule has 0 spiro atoms. The normalized spacial score (nSPS) is 12.7. The second kappa shape index (κ2) is 13.8. The van der Waals surface area contributed by atoms with Gasteiger partial charge in [-0.1, -0.05) is 23.5 Å². The molecule has 4 N–H and O–H groups in total. The largest absolute Gasteiger partial charge is 0.462 e. The van der Waals surface area contributed by atoms with Crippen LogP contribution in [0, 0.1) is 6.92 Å². The van der Waals surface area contributed by atoms with Gasteiger partial charge in [0.1, 0.15) is 16.5 Å². The predicted molar refractivity (Wildman–Crippen MR) is 163 cm³/mol. The molecular weight excluding hydrogens is 596 g/mol. The number of aromatic nitrogens is 3. The fourth-order valence-corrected chi connectivity index (χ4v) is 5.74. The number of carbonyl (C=O) groups excluding carboxylic acids is 3. The maximum absolute atomic E-state index is 12.3. The van der Waals surface area contributed by atoms with Crippen molar-refractivity contribution in [3.8, 4) is 0 Å². The fourth-order valence-electron chi connectivity index (χ4n) is 4.43. The topological polar surface area (TPSA) is 185 Å². The van der Waals surface area contributed by atoms with Gasteiger partial charge in [0.2, 0.25) is 21.9 Å². The number of hydrogen-bond donors (Lipinski definition) is 4. The lowest BCUT2D eigenvalue weighted by Gasteiger charge is -2.31. The number of rotatable bonds is 12. The van der Waals surface area contributed by atoms with Crippen LogP contribution in [0.1, 0.15) is 57.1 Å². The van der Waals surface area contributed by atoms with Crippen molar-refractivity contribution in [1.82, 2.24) is 25.0 Å². The fraction of sp³-hybridized carbons (Fsp3) is 0.407. The number of nitrogens with one attached hydrogen (secondary N) is 4. The molecule has 1 aliphatic heterocycles. The Bertz CT molecular complexity index is 1610. The van der Waals surface area contributed by atoms with Crippen LogP contribution < -0.4 is 25.6 Å². The van der Waals surface area contributed by atoms with Crippen molar-refractivity contribution in [3.63, 3.8) is 0 Å². The Morgan fingerprint density at radius 3 is 2.51 bits per heavy atom.